The van der Waals surface area contributed by atoms with E-state index in [0.717, 1.165) is 22.6 Å². The zero-order chi connectivity index (χ0) is 65.7. The van der Waals surface area contributed by atoms with Gasteiger partial charge in [-0.05, 0) is 50.1 Å². The number of nitrogens with one attached hydrogen (secondary N) is 1. The van der Waals surface area contributed by atoms with Gasteiger partial charge in [-0.2, -0.15) is 8.75 Å². The van der Waals surface area contributed by atoms with E-state index in [9.17, 15) is 53.8 Å². The Morgan fingerprint density at radius 1 is 0.630 bits per heavy atom. The molecule has 30 heteroatoms. The first-order valence-corrected chi connectivity index (χ1v) is 30.4. The zero-order valence-corrected chi connectivity index (χ0v) is 52.4. The maximum atomic E-state index is 13.6. The first kappa shape index (κ1) is 64.2. The number of hydrogen-bond acceptors (Lipinski definition) is 22. The number of amides is 3. The molecule has 3 aromatic carbocycles. The van der Waals surface area contributed by atoms with Gasteiger partial charge in [0.05, 0.1) is 56.7 Å². The molecular weight excluding hydrogens is 1210 g/mol. The SMILES string of the molecule is CCOC(=O)c1c(N2CCN(C(=O)c3ccco3)CC2)c2ccccc2n(CC(C)C)c1=O.CNc1nsnc1C(=O)N1CCN(c2c([N+](=O)[O-])c(=O)n(C)c3ccccc23)CC1.Cc1cc(C(=O)N2CCN(c3c([N+](=O)[O-])c(=O)n(C)c4ccccc34)CC2)no1. The van der Waals surface area contributed by atoms with E-state index in [2.05, 4.69) is 19.2 Å². The predicted molar refractivity (Wildman–Crippen MR) is 344 cm³/mol. The Morgan fingerprint density at radius 3 is 1.54 bits per heavy atom. The van der Waals surface area contributed by atoms with Crippen molar-refractivity contribution in [2.24, 2.45) is 20.0 Å². The van der Waals surface area contributed by atoms with Crippen LogP contribution in [0.1, 0.15) is 68.4 Å². The third kappa shape index (κ3) is 12.7. The van der Waals surface area contributed by atoms with Crippen LogP contribution in [-0.2, 0) is 25.4 Å². The molecule has 0 aliphatic carbocycles. The number of benzene rings is 3. The molecule has 1 N–H and O–H groups in total. The molecule has 3 aliphatic heterocycles. The van der Waals surface area contributed by atoms with Crippen LogP contribution in [0.25, 0.3) is 32.7 Å². The quantitative estimate of drug-likeness (QED) is 0.0741. The summed E-state index contributed by atoms with van der Waals surface area (Å²) in [6, 6.07) is 26.8. The Balaban J connectivity index is 0.000000152. The molecule has 0 saturated carbocycles. The number of pyridine rings is 3. The number of ether oxygens (including phenoxy) is 1. The molecule has 0 radical (unpaired) electrons. The molecular formula is C62H67N15O14S. The molecule has 12 rings (SSSR count). The van der Waals surface area contributed by atoms with Crippen molar-refractivity contribution in [2.75, 3.05) is 112 Å². The van der Waals surface area contributed by atoms with Crippen molar-refractivity contribution >= 4 is 102 Å². The number of aryl methyl sites for hydroxylation is 3. The van der Waals surface area contributed by atoms with Crippen LogP contribution in [0.15, 0.2) is 121 Å². The van der Waals surface area contributed by atoms with E-state index in [1.165, 1.54) is 29.5 Å². The van der Waals surface area contributed by atoms with E-state index in [4.69, 9.17) is 13.7 Å². The number of nitro groups is 2. The van der Waals surface area contributed by atoms with Gasteiger partial charge in [0, 0.05) is 128 Å². The summed E-state index contributed by atoms with van der Waals surface area (Å²) in [5.41, 5.74) is 1.23. The van der Waals surface area contributed by atoms with Gasteiger partial charge in [-0.1, -0.05) is 73.6 Å². The van der Waals surface area contributed by atoms with Crippen LogP contribution in [0.4, 0.5) is 34.3 Å². The number of anilines is 4. The maximum absolute atomic E-state index is 13.6. The molecule has 92 heavy (non-hydrogen) atoms. The number of esters is 1. The highest BCUT2D eigenvalue weighted by molar-refractivity contribution is 6.99. The second-order valence-electron chi connectivity index (χ2n) is 22.3. The number of hydrogen-bond donors (Lipinski definition) is 1. The number of piperazine rings is 3. The summed E-state index contributed by atoms with van der Waals surface area (Å²) in [6.07, 6.45) is 1.48. The van der Waals surface area contributed by atoms with Crippen molar-refractivity contribution in [3.63, 3.8) is 0 Å². The Morgan fingerprint density at radius 2 is 1.10 bits per heavy atom. The van der Waals surface area contributed by atoms with Crippen molar-refractivity contribution < 1.29 is 42.7 Å². The molecule has 6 aromatic heterocycles. The fraction of sp³-hybridized carbons (Fsp3) is 0.355. The highest BCUT2D eigenvalue weighted by Crippen LogP contribution is 2.37. The fourth-order valence-electron chi connectivity index (χ4n) is 11.8. The van der Waals surface area contributed by atoms with Gasteiger partial charge in [-0.25, -0.2) is 4.79 Å². The second-order valence-corrected chi connectivity index (χ2v) is 22.8. The Bertz CT molecular complexity index is 4470. The summed E-state index contributed by atoms with van der Waals surface area (Å²) in [5, 5.41) is 32.2. The first-order chi connectivity index (χ1) is 44.2. The minimum absolute atomic E-state index is 0.0574. The number of para-hydroxylation sites is 3. The number of nitrogens with zero attached hydrogens (tertiary/aromatic N) is 14. The summed E-state index contributed by atoms with van der Waals surface area (Å²) in [5.74, 6) is 0.244. The topological polar surface area (TPSA) is 326 Å². The van der Waals surface area contributed by atoms with Crippen LogP contribution in [0.3, 0.4) is 0 Å². The van der Waals surface area contributed by atoms with Crippen LogP contribution >= 0.6 is 11.7 Å². The predicted octanol–water partition coefficient (Wildman–Crippen LogP) is 6.40. The smallest absolute Gasteiger partial charge is 0.357 e. The molecule has 0 spiro atoms. The van der Waals surface area contributed by atoms with Crippen LogP contribution in [-0.4, -0.2) is 168 Å². The second kappa shape index (κ2) is 27.5. The van der Waals surface area contributed by atoms with Crippen molar-refractivity contribution in [1.29, 1.82) is 0 Å². The molecule has 480 valence electrons. The average Bonchev–Trinajstić information content (AvgIpc) is 0.979. The summed E-state index contributed by atoms with van der Waals surface area (Å²) in [7, 11) is 4.73. The molecule has 0 bridgehead atoms. The molecule has 3 aliphatic rings. The first-order valence-electron chi connectivity index (χ1n) is 29.7. The van der Waals surface area contributed by atoms with E-state index < -0.39 is 38.3 Å². The Hall–Kier alpha value is -10.8. The van der Waals surface area contributed by atoms with Gasteiger partial charge in [0.1, 0.15) is 22.7 Å². The highest BCUT2D eigenvalue weighted by atomic mass is 32.1. The van der Waals surface area contributed by atoms with Crippen LogP contribution in [0, 0.1) is 33.1 Å². The molecule has 3 saturated heterocycles. The van der Waals surface area contributed by atoms with Gasteiger partial charge < -0.3 is 62.1 Å². The van der Waals surface area contributed by atoms with Gasteiger partial charge in [0.2, 0.25) is 0 Å². The van der Waals surface area contributed by atoms with E-state index in [1.54, 1.807) is 112 Å². The van der Waals surface area contributed by atoms with E-state index >= 15 is 0 Å². The van der Waals surface area contributed by atoms with E-state index in [0.29, 0.717) is 141 Å². The molecule has 0 atom stereocenters. The summed E-state index contributed by atoms with van der Waals surface area (Å²) < 4.78 is 27.9. The number of furan rings is 1. The lowest BCUT2D eigenvalue weighted by Gasteiger charge is -2.37. The molecule has 3 amide bonds. The van der Waals surface area contributed by atoms with Gasteiger partial charge in [0.25, 0.3) is 23.3 Å². The molecule has 29 nitrogen and oxygen atoms in total. The normalized spacial score (nSPS) is 14.3. The summed E-state index contributed by atoms with van der Waals surface area (Å²) >= 11 is 0.958. The van der Waals surface area contributed by atoms with Crippen molar-refractivity contribution in [1.82, 2.24) is 42.3 Å². The van der Waals surface area contributed by atoms with Gasteiger partial charge in [0.15, 0.2) is 23.0 Å². The number of rotatable bonds is 13. The largest absolute Gasteiger partial charge is 0.462 e. The monoisotopic (exact) mass is 1280 g/mol. The van der Waals surface area contributed by atoms with Crippen LogP contribution < -0.4 is 36.7 Å². The minimum Gasteiger partial charge on any atom is -0.462 e. The lowest BCUT2D eigenvalue weighted by molar-refractivity contribution is -0.385. The third-order valence-corrected chi connectivity index (χ3v) is 16.7. The van der Waals surface area contributed by atoms with Gasteiger partial charge in [-0.3, -0.25) is 49.0 Å². The molecule has 0 unspecified atom stereocenters. The summed E-state index contributed by atoms with van der Waals surface area (Å²) in [6.45, 7) is 12.9. The molecule has 9 aromatic rings. The third-order valence-electron chi connectivity index (χ3n) is 16.2. The minimum atomic E-state index is -0.653. The lowest BCUT2D eigenvalue weighted by atomic mass is 10.0. The molecule has 3 fully saturated rings. The zero-order valence-electron chi connectivity index (χ0n) is 51.6. The van der Waals surface area contributed by atoms with Gasteiger partial charge >= 0.3 is 28.5 Å². The van der Waals surface area contributed by atoms with Crippen molar-refractivity contribution in [3.8, 4) is 0 Å². The number of fused-ring (bicyclic) bond motifs is 3. The van der Waals surface area contributed by atoms with Crippen LogP contribution in [0.5, 0.6) is 0 Å². The van der Waals surface area contributed by atoms with E-state index in [-0.39, 0.29) is 52.8 Å². The maximum Gasteiger partial charge on any atom is 0.357 e. The average molecular weight is 1280 g/mol. The number of aromatic nitrogens is 6. The Kier molecular flexibility index (Phi) is 19.2. The van der Waals surface area contributed by atoms with Gasteiger partial charge in [-0.15, -0.1) is 0 Å². The van der Waals surface area contributed by atoms with E-state index in [1.807, 2.05) is 47.9 Å². The highest BCUT2D eigenvalue weighted by Gasteiger charge is 2.36. The van der Waals surface area contributed by atoms with Crippen LogP contribution in [0.2, 0.25) is 0 Å². The standard InChI is InChI=1S/C25H29N3O5.C19H19N5O5.C18H19N7O4S/c1-4-32-25(31)21-22(18-8-5-6-9-19(18)28(24(21)30)16-17(2)3)26-11-13-27(14-12-26)23(29)20-10-7-15-33-20;1-12-11-14(20-29-12)18(25)23-9-7-22(8-10-23)16-13-5-3-4-6-15(13)21(2)19(26)17(16)24(27)28;1-19-16-13(20-30-21-16)17(26)24-9-7-23(8-10-24)14-11-5-3-4-6-12(11)22(2)18(27)15(14)25(28)29/h5-10,15,17H,4,11-14,16H2,1-3H3;3-6,11H,7-10H2,1-2H3;3-6H,7-10H2,1-2H3,(H,19,21). The molecule has 9 heterocycles. The summed E-state index contributed by atoms with van der Waals surface area (Å²) in [4.78, 5) is 123. The number of carbonyl (C=O) groups excluding carboxylic acids is 4. The number of carbonyl (C=O) groups is 4. The Labute approximate surface area is 528 Å². The lowest BCUT2D eigenvalue weighted by Crippen LogP contribution is -2.49. The van der Waals surface area contributed by atoms with Crippen molar-refractivity contribution in [2.45, 2.75) is 34.2 Å². The fourth-order valence-corrected chi connectivity index (χ4v) is 12.3. The van der Waals surface area contributed by atoms with Crippen molar-refractivity contribution in [3.05, 3.63) is 177 Å².